The Bertz CT molecular complexity index is 1300. The predicted octanol–water partition coefficient (Wildman–Crippen LogP) is 6.83. The Kier molecular flexibility index (Phi) is 7.93. The number of ether oxygens (including phenoxy) is 2. The molecule has 1 heterocycles. The second-order valence-corrected chi connectivity index (χ2v) is 22.8. The van der Waals surface area contributed by atoms with Crippen LogP contribution in [0.25, 0.3) is 0 Å². The number of hydrogen-bond acceptors (Lipinski definition) is 7. The maximum Gasteiger partial charge on any atom is 0.297 e. The summed E-state index contributed by atoms with van der Waals surface area (Å²) >= 11 is 0. The molecule has 9 atom stereocenters. The maximum atomic E-state index is 13.8. The third kappa shape index (κ3) is 5.03. The average molecular weight is 635 g/mol. The van der Waals surface area contributed by atoms with Crippen LogP contribution in [0, 0.1) is 41.4 Å². The van der Waals surface area contributed by atoms with Crippen LogP contribution in [0.4, 0.5) is 0 Å². The molecule has 5 fully saturated rings. The second kappa shape index (κ2) is 10.6. The highest BCUT2D eigenvalue weighted by Crippen LogP contribution is 2.70. The number of hydrogen-bond donors (Lipinski definition) is 1. The molecule has 4 aliphatic carbocycles. The van der Waals surface area contributed by atoms with E-state index in [2.05, 4.69) is 47.7 Å². The fraction of sp³-hybridized carbons (Fsp3) is 0.824. The summed E-state index contributed by atoms with van der Waals surface area (Å²) in [5, 5.41) is 12.5. The first-order valence-corrected chi connectivity index (χ1v) is 20.9. The molecule has 242 valence electrons. The van der Waals surface area contributed by atoms with E-state index in [1.807, 2.05) is 6.92 Å². The third-order valence-corrected chi connectivity index (χ3v) is 19.1. The standard InChI is InChI=1S/C34H54O7SSi/c1-22-9-11-24(12-10-22)42(36,37)40-30-27-21-23(41-43(7,8)31(2,3)4)13-16-32(27,5)25-14-17-33(6)26(28(25)29(30)35)15-18-34(33)38-19-20-39-34/h9-12,23,25-30,35H,13-21H2,1-8H3/t23?,25?,26?,27?,28?,29-,30-,32-,33+/m1/s1. The molecule has 1 saturated heterocycles. The van der Waals surface area contributed by atoms with Crippen LogP contribution < -0.4 is 0 Å². The Labute approximate surface area is 260 Å². The zero-order chi connectivity index (χ0) is 31.2. The van der Waals surface area contributed by atoms with E-state index in [0.717, 1.165) is 44.1 Å². The normalized spacial score (nSPS) is 41.1. The first-order chi connectivity index (χ1) is 19.9. The van der Waals surface area contributed by atoms with Crippen molar-refractivity contribution in [1.82, 2.24) is 0 Å². The van der Waals surface area contributed by atoms with Gasteiger partial charge in [0.2, 0.25) is 0 Å². The van der Waals surface area contributed by atoms with Gasteiger partial charge in [-0.05, 0) is 105 Å². The van der Waals surface area contributed by atoms with Crippen molar-refractivity contribution in [3.05, 3.63) is 29.8 Å². The van der Waals surface area contributed by atoms with Crippen LogP contribution in [0.5, 0.6) is 0 Å². The Morgan fingerprint density at radius 3 is 2.19 bits per heavy atom. The summed E-state index contributed by atoms with van der Waals surface area (Å²) in [7, 11) is -6.15. The van der Waals surface area contributed by atoms with E-state index in [4.69, 9.17) is 18.1 Å². The minimum absolute atomic E-state index is 0.0276. The quantitative estimate of drug-likeness (QED) is 0.281. The van der Waals surface area contributed by atoms with Gasteiger partial charge in [-0.25, -0.2) is 0 Å². The highest BCUT2D eigenvalue weighted by Gasteiger charge is 2.70. The highest BCUT2D eigenvalue weighted by molar-refractivity contribution is 7.86. The van der Waals surface area contributed by atoms with Gasteiger partial charge in [0.05, 0.1) is 24.2 Å². The summed E-state index contributed by atoms with van der Waals surface area (Å²) in [5.41, 5.74) is 0.592. The van der Waals surface area contributed by atoms with Crippen LogP contribution in [0.15, 0.2) is 29.2 Å². The Hall–Kier alpha value is -0.813. The molecule has 1 aromatic carbocycles. The van der Waals surface area contributed by atoms with E-state index >= 15 is 0 Å². The van der Waals surface area contributed by atoms with Gasteiger partial charge in [-0.15, -0.1) is 0 Å². The Morgan fingerprint density at radius 2 is 1.56 bits per heavy atom. The number of benzene rings is 1. The third-order valence-electron chi connectivity index (χ3n) is 13.3. The summed E-state index contributed by atoms with van der Waals surface area (Å²) in [4.78, 5) is 0.139. The molecule has 9 heteroatoms. The molecular weight excluding hydrogens is 581 g/mol. The van der Waals surface area contributed by atoms with Crippen molar-refractivity contribution in [1.29, 1.82) is 0 Å². The van der Waals surface area contributed by atoms with Gasteiger partial charge in [-0.1, -0.05) is 52.3 Å². The molecule has 7 nitrogen and oxygen atoms in total. The lowest BCUT2D eigenvalue weighted by Gasteiger charge is -2.64. The van der Waals surface area contributed by atoms with Gasteiger partial charge in [0.25, 0.3) is 10.1 Å². The van der Waals surface area contributed by atoms with Crippen LogP contribution in [0.3, 0.4) is 0 Å². The average Bonchev–Trinajstić information content (AvgIpc) is 3.52. The minimum atomic E-state index is -4.10. The smallest absolute Gasteiger partial charge is 0.297 e. The van der Waals surface area contributed by atoms with E-state index in [-0.39, 0.29) is 50.5 Å². The molecule has 1 N–H and O–H groups in total. The lowest BCUT2D eigenvalue weighted by atomic mass is 9.43. The maximum absolute atomic E-state index is 13.8. The van der Waals surface area contributed by atoms with Crippen LogP contribution >= 0.6 is 0 Å². The van der Waals surface area contributed by atoms with Gasteiger partial charge >= 0.3 is 0 Å². The van der Waals surface area contributed by atoms with E-state index in [9.17, 15) is 13.5 Å². The Balaban J connectivity index is 1.37. The summed E-state index contributed by atoms with van der Waals surface area (Å²) in [6, 6.07) is 6.81. The predicted molar refractivity (Wildman–Crippen MR) is 168 cm³/mol. The van der Waals surface area contributed by atoms with Crippen LogP contribution in [0.1, 0.15) is 85.1 Å². The van der Waals surface area contributed by atoms with Gasteiger partial charge in [0, 0.05) is 17.9 Å². The summed E-state index contributed by atoms with van der Waals surface area (Å²) < 4.78 is 53.6. The van der Waals surface area contributed by atoms with Crippen molar-refractivity contribution in [3.8, 4) is 0 Å². The molecule has 1 aliphatic heterocycles. The zero-order valence-electron chi connectivity index (χ0n) is 27.5. The molecule has 6 rings (SSSR count). The summed E-state index contributed by atoms with van der Waals surface area (Å²) in [6.07, 6.45) is 4.57. The van der Waals surface area contributed by atoms with Gasteiger partial charge < -0.3 is 19.0 Å². The molecule has 1 spiro atoms. The van der Waals surface area contributed by atoms with Crippen molar-refractivity contribution >= 4 is 18.4 Å². The molecule has 0 radical (unpaired) electrons. The van der Waals surface area contributed by atoms with Gasteiger partial charge in [-0.3, -0.25) is 4.18 Å². The van der Waals surface area contributed by atoms with Gasteiger partial charge in [0.15, 0.2) is 14.1 Å². The number of rotatable bonds is 5. The molecular formula is C34H54O7SSi. The van der Waals surface area contributed by atoms with Crippen molar-refractivity contribution in [2.24, 2.45) is 34.5 Å². The minimum Gasteiger partial charge on any atom is -0.414 e. The molecule has 0 aromatic heterocycles. The molecule has 4 saturated carbocycles. The lowest BCUT2D eigenvalue weighted by molar-refractivity contribution is -0.266. The van der Waals surface area contributed by atoms with Gasteiger partial charge in [-0.2, -0.15) is 8.42 Å². The van der Waals surface area contributed by atoms with Crippen molar-refractivity contribution in [2.75, 3.05) is 13.2 Å². The van der Waals surface area contributed by atoms with Crippen molar-refractivity contribution < 1.29 is 31.6 Å². The van der Waals surface area contributed by atoms with Crippen LogP contribution in [-0.4, -0.2) is 59.2 Å². The molecule has 1 aromatic rings. The van der Waals surface area contributed by atoms with Crippen molar-refractivity contribution in [3.63, 3.8) is 0 Å². The fourth-order valence-electron chi connectivity index (χ4n) is 9.81. The monoisotopic (exact) mass is 634 g/mol. The van der Waals surface area contributed by atoms with E-state index in [0.29, 0.717) is 19.6 Å². The lowest BCUT2D eigenvalue weighted by Crippen LogP contribution is -2.66. The van der Waals surface area contributed by atoms with E-state index in [1.54, 1.807) is 24.3 Å². The highest BCUT2D eigenvalue weighted by atomic mass is 32.2. The molecule has 5 unspecified atom stereocenters. The SMILES string of the molecule is Cc1ccc(S(=O)(=O)O[C@@H]2C3CC(O[Si](C)(C)C(C)(C)C)CC[C@]3(C)C3CC[C@@]4(C)C(CCC45OCCO5)C3[C@H]2O)cc1. The number of aliphatic hydroxyl groups excluding tert-OH is 1. The summed E-state index contributed by atoms with van der Waals surface area (Å²) in [5.74, 6) is -0.363. The summed E-state index contributed by atoms with van der Waals surface area (Å²) in [6.45, 7) is 19.1. The van der Waals surface area contributed by atoms with E-state index in [1.165, 1.54) is 0 Å². The van der Waals surface area contributed by atoms with Crippen LogP contribution in [0.2, 0.25) is 18.1 Å². The van der Waals surface area contributed by atoms with Gasteiger partial charge in [0.1, 0.15) is 6.10 Å². The fourth-order valence-corrected chi connectivity index (χ4v) is 12.3. The molecule has 43 heavy (non-hydrogen) atoms. The largest absolute Gasteiger partial charge is 0.414 e. The van der Waals surface area contributed by atoms with Crippen molar-refractivity contribution in [2.45, 2.75) is 134 Å². The number of fused-ring (bicyclic) bond motifs is 6. The first-order valence-electron chi connectivity index (χ1n) is 16.6. The number of aryl methyl sites for hydroxylation is 1. The topological polar surface area (TPSA) is 91.3 Å². The number of aliphatic hydroxyl groups is 1. The van der Waals surface area contributed by atoms with Crippen LogP contribution in [-0.2, 0) is 28.2 Å². The van der Waals surface area contributed by atoms with E-state index < -0.39 is 36.4 Å². The first kappa shape index (κ1) is 32.1. The second-order valence-electron chi connectivity index (χ2n) is 16.4. The molecule has 5 aliphatic rings. The Morgan fingerprint density at radius 1 is 0.930 bits per heavy atom. The molecule has 0 amide bonds. The zero-order valence-corrected chi connectivity index (χ0v) is 29.3. The molecule has 0 bridgehead atoms.